The van der Waals surface area contributed by atoms with Gasteiger partial charge in [-0.05, 0) is 6.07 Å². The summed E-state index contributed by atoms with van der Waals surface area (Å²) in [5.41, 5.74) is 6.77. The molecule has 0 spiro atoms. The first-order valence-corrected chi connectivity index (χ1v) is 5.89. The molecule has 5 nitrogen and oxygen atoms in total. The molecule has 0 aromatic heterocycles. The number of hydrogen-bond donors (Lipinski definition) is 1. The Balaban J connectivity index is 2.70. The molecule has 0 bridgehead atoms. The maximum absolute atomic E-state index is 11.4. The van der Waals surface area contributed by atoms with Crippen LogP contribution in [0.4, 0.5) is 0 Å². The summed E-state index contributed by atoms with van der Waals surface area (Å²) in [5, 5.41) is 0. The Morgan fingerprint density at radius 3 is 2.87 bits per heavy atom. The number of sulfonamides is 1. The van der Waals surface area contributed by atoms with E-state index in [0.717, 1.165) is 0 Å². The first-order chi connectivity index (χ1) is 7.03. The van der Waals surface area contributed by atoms with Crippen molar-refractivity contribution in [3.05, 3.63) is 29.3 Å². The van der Waals surface area contributed by atoms with Crippen LogP contribution in [-0.2, 0) is 15.8 Å². The third kappa shape index (κ3) is 1.68. The van der Waals surface area contributed by atoms with Crippen molar-refractivity contribution in [2.75, 3.05) is 7.11 Å². The van der Waals surface area contributed by atoms with Crippen LogP contribution in [0.2, 0.25) is 0 Å². The average molecular weight is 226 g/mol. The Labute approximate surface area is 87.6 Å². The number of nitrogens with zero attached hydrogens (tertiary/aromatic N) is 1. The molecule has 2 N–H and O–H groups in total. The standard InChI is InChI=1S/C9H10N2O3S/c1-14-8-4-2-3-6-7(8)5-15(12,13)11-9(6)10/h2-4H,5H2,1H3,(H2,10,11). The van der Waals surface area contributed by atoms with Gasteiger partial charge < -0.3 is 10.5 Å². The minimum Gasteiger partial charge on any atom is -0.496 e. The van der Waals surface area contributed by atoms with Crippen LogP contribution in [0.5, 0.6) is 5.75 Å². The van der Waals surface area contributed by atoms with E-state index < -0.39 is 10.0 Å². The second-order valence-electron chi connectivity index (χ2n) is 3.19. The van der Waals surface area contributed by atoms with Gasteiger partial charge in [0.25, 0.3) is 10.0 Å². The molecule has 1 aromatic carbocycles. The largest absolute Gasteiger partial charge is 0.496 e. The fourth-order valence-electron chi connectivity index (χ4n) is 1.56. The van der Waals surface area contributed by atoms with Gasteiger partial charge >= 0.3 is 0 Å². The lowest BCUT2D eigenvalue weighted by Crippen LogP contribution is -2.24. The quantitative estimate of drug-likeness (QED) is 0.743. The number of rotatable bonds is 1. The van der Waals surface area contributed by atoms with E-state index in [1.807, 2.05) is 0 Å². The van der Waals surface area contributed by atoms with E-state index in [2.05, 4.69) is 4.40 Å². The minimum absolute atomic E-state index is 0.0233. The van der Waals surface area contributed by atoms with Crippen LogP contribution < -0.4 is 10.5 Å². The molecule has 1 aliphatic heterocycles. The summed E-state index contributed by atoms with van der Waals surface area (Å²) < 4.78 is 31.3. The van der Waals surface area contributed by atoms with Crippen molar-refractivity contribution >= 4 is 15.9 Å². The van der Waals surface area contributed by atoms with Crippen molar-refractivity contribution in [1.29, 1.82) is 0 Å². The molecule has 2 rings (SSSR count). The van der Waals surface area contributed by atoms with Gasteiger partial charge in [0.05, 0.1) is 7.11 Å². The summed E-state index contributed by atoms with van der Waals surface area (Å²) in [4.78, 5) is 0. The zero-order valence-corrected chi connectivity index (χ0v) is 8.91. The minimum atomic E-state index is -3.49. The fourth-order valence-corrected chi connectivity index (χ4v) is 2.68. The monoisotopic (exact) mass is 226 g/mol. The van der Waals surface area contributed by atoms with Gasteiger partial charge in [0, 0.05) is 11.1 Å². The number of hydrogen-bond acceptors (Lipinski definition) is 4. The Morgan fingerprint density at radius 2 is 2.20 bits per heavy atom. The molecule has 0 unspecified atom stereocenters. The highest BCUT2D eigenvalue weighted by molar-refractivity contribution is 7.89. The van der Waals surface area contributed by atoms with Crippen molar-refractivity contribution < 1.29 is 13.2 Å². The molecule has 15 heavy (non-hydrogen) atoms. The molecule has 1 heterocycles. The van der Waals surface area contributed by atoms with E-state index in [9.17, 15) is 8.42 Å². The molecular weight excluding hydrogens is 216 g/mol. The average Bonchev–Trinajstić information content (AvgIpc) is 2.15. The van der Waals surface area contributed by atoms with Crippen LogP contribution in [0, 0.1) is 0 Å². The van der Waals surface area contributed by atoms with Crippen LogP contribution >= 0.6 is 0 Å². The fraction of sp³-hybridized carbons (Fsp3) is 0.222. The van der Waals surface area contributed by atoms with Gasteiger partial charge in [0.15, 0.2) is 0 Å². The second-order valence-corrected chi connectivity index (χ2v) is 4.82. The molecule has 0 saturated carbocycles. The smallest absolute Gasteiger partial charge is 0.259 e. The molecule has 0 fully saturated rings. The molecule has 0 amide bonds. The van der Waals surface area contributed by atoms with Gasteiger partial charge in [-0.3, -0.25) is 0 Å². The number of ether oxygens (including phenoxy) is 1. The number of fused-ring (bicyclic) bond motifs is 1. The van der Waals surface area contributed by atoms with Crippen molar-refractivity contribution in [1.82, 2.24) is 0 Å². The Bertz CT molecular complexity index is 534. The molecule has 80 valence electrons. The number of methoxy groups -OCH3 is 1. The van der Waals surface area contributed by atoms with E-state index in [1.54, 1.807) is 18.2 Å². The molecule has 0 radical (unpaired) electrons. The summed E-state index contributed by atoms with van der Waals surface area (Å²) >= 11 is 0. The van der Waals surface area contributed by atoms with Crippen molar-refractivity contribution in [2.45, 2.75) is 5.75 Å². The summed E-state index contributed by atoms with van der Waals surface area (Å²) in [6.45, 7) is 0. The highest BCUT2D eigenvalue weighted by Gasteiger charge is 2.24. The van der Waals surface area contributed by atoms with Crippen LogP contribution in [0.3, 0.4) is 0 Å². The van der Waals surface area contributed by atoms with Gasteiger partial charge in [0.2, 0.25) is 0 Å². The summed E-state index contributed by atoms with van der Waals surface area (Å²) in [6, 6.07) is 5.18. The highest BCUT2D eigenvalue weighted by Crippen LogP contribution is 2.28. The van der Waals surface area contributed by atoms with E-state index in [0.29, 0.717) is 16.9 Å². The first kappa shape index (κ1) is 9.97. The van der Waals surface area contributed by atoms with Gasteiger partial charge in [-0.25, -0.2) is 8.42 Å². The molecular formula is C9H10N2O3S. The Hall–Kier alpha value is -1.56. The van der Waals surface area contributed by atoms with Crippen LogP contribution in [-0.4, -0.2) is 21.4 Å². The lowest BCUT2D eigenvalue weighted by atomic mass is 10.1. The molecule has 1 aliphatic rings. The maximum Gasteiger partial charge on any atom is 0.259 e. The number of nitrogens with two attached hydrogens (primary N) is 1. The van der Waals surface area contributed by atoms with Crippen molar-refractivity contribution in [3.63, 3.8) is 0 Å². The van der Waals surface area contributed by atoms with E-state index in [-0.39, 0.29) is 11.6 Å². The van der Waals surface area contributed by atoms with Gasteiger partial charge in [-0.1, -0.05) is 12.1 Å². The lowest BCUT2D eigenvalue weighted by Gasteiger charge is -2.16. The van der Waals surface area contributed by atoms with E-state index in [1.165, 1.54) is 7.11 Å². The van der Waals surface area contributed by atoms with E-state index >= 15 is 0 Å². The maximum atomic E-state index is 11.4. The molecule has 0 aliphatic carbocycles. The predicted octanol–water partition coefficient (Wildman–Crippen LogP) is 0.244. The first-order valence-electron chi connectivity index (χ1n) is 4.28. The topological polar surface area (TPSA) is 81.8 Å². The lowest BCUT2D eigenvalue weighted by molar-refractivity contribution is 0.410. The third-order valence-corrected chi connectivity index (χ3v) is 3.32. The SMILES string of the molecule is COc1cccc2c1CS(=O)(=O)N=C2N. The Kier molecular flexibility index (Phi) is 2.15. The molecule has 1 aromatic rings. The Morgan fingerprint density at radius 1 is 1.47 bits per heavy atom. The zero-order valence-electron chi connectivity index (χ0n) is 8.10. The number of amidine groups is 1. The third-order valence-electron chi connectivity index (χ3n) is 2.19. The van der Waals surface area contributed by atoms with Crippen molar-refractivity contribution in [2.24, 2.45) is 10.1 Å². The highest BCUT2D eigenvalue weighted by atomic mass is 32.2. The van der Waals surface area contributed by atoms with Gasteiger partial charge in [-0.15, -0.1) is 4.40 Å². The second kappa shape index (κ2) is 3.23. The molecule has 6 heteroatoms. The van der Waals surface area contributed by atoms with Crippen LogP contribution in [0.15, 0.2) is 22.6 Å². The summed E-state index contributed by atoms with van der Waals surface area (Å²) in [5.74, 6) is 0.386. The van der Waals surface area contributed by atoms with Crippen LogP contribution in [0.25, 0.3) is 0 Å². The zero-order chi connectivity index (χ0) is 11.1. The van der Waals surface area contributed by atoms with Crippen molar-refractivity contribution in [3.8, 4) is 5.75 Å². The normalized spacial score (nSPS) is 17.8. The predicted molar refractivity (Wildman–Crippen MR) is 56.3 cm³/mol. The van der Waals surface area contributed by atoms with E-state index in [4.69, 9.17) is 10.5 Å². The molecule has 0 atom stereocenters. The number of benzene rings is 1. The van der Waals surface area contributed by atoms with Gasteiger partial charge in [0.1, 0.15) is 17.3 Å². The molecule has 0 saturated heterocycles. The summed E-state index contributed by atoms with van der Waals surface area (Å²) in [7, 11) is -2.00. The summed E-state index contributed by atoms with van der Waals surface area (Å²) in [6.07, 6.45) is 0. The van der Waals surface area contributed by atoms with Crippen LogP contribution in [0.1, 0.15) is 11.1 Å². The van der Waals surface area contributed by atoms with Gasteiger partial charge in [-0.2, -0.15) is 0 Å².